The molecular weight excluding hydrogens is 224 g/mol. The molecule has 0 spiro atoms. The van der Waals surface area contributed by atoms with Gasteiger partial charge >= 0.3 is 0 Å². The van der Waals surface area contributed by atoms with Crippen LogP contribution in [0.15, 0.2) is 23.8 Å². The van der Waals surface area contributed by atoms with Crippen molar-refractivity contribution in [2.45, 2.75) is 13.8 Å². The molecule has 0 saturated heterocycles. The third kappa shape index (κ3) is 3.17. The van der Waals surface area contributed by atoms with Gasteiger partial charge in [-0.2, -0.15) is 0 Å². The first kappa shape index (κ1) is 12.9. The first-order valence-corrected chi connectivity index (χ1v) is 5.79. The van der Waals surface area contributed by atoms with E-state index in [-0.39, 0.29) is 0 Å². The van der Waals surface area contributed by atoms with Crippen molar-refractivity contribution in [1.29, 1.82) is 0 Å². The van der Waals surface area contributed by atoms with Gasteiger partial charge < -0.3 is 9.47 Å². The van der Waals surface area contributed by atoms with Crippen LogP contribution in [0.5, 0.6) is 11.5 Å². The minimum atomic E-state index is 0.516. The molecule has 0 aliphatic carbocycles. The minimum Gasteiger partial charge on any atom is -0.492 e. The van der Waals surface area contributed by atoms with Gasteiger partial charge in [0.05, 0.1) is 13.7 Å². The number of methoxy groups -OCH3 is 1. The molecule has 0 fully saturated rings. The summed E-state index contributed by atoms with van der Waals surface area (Å²) in [4.78, 5) is 0. The molecule has 0 aliphatic heterocycles. The molecule has 88 valence electrons. The average molecular weight is 241 g/mol. The molecular formula is C13H17ClO2. The van der Waals surface area contributed by atoms with Gasteiger partial charge in [-0.05, 0) is 19.9 Å². The van der Waals surface area contributed by atoms with Crippen LogP contribution in [0.25, 0.3) is 6.08 Å². The van der Waals surface area contributed by atoms with Gasteiger partial charge in [0.15, 0.2) is 11.5 Å². The molecule has 0 N–H and O–H groups in total. The Morgan fingerprint density at radius 2 is 2.19 bits per heavy atom. The van der Waals surface area contributed by atoms with E-state index in [4.69, 9.17) is 21.1 Å². The van der Waals surface area contributed by atoms with Crippen molar-refractivity contribution in [3.8, 4) is 11.5 Å². The van der Waals surface area contributed by atoms with Crippen LogP contribution >= 0.6 is 11.6 Å². The lowest BCUT2D eigenvalue weighted by atomic mass is 10.1. The number of ether oxygens (including phenoxy) is 2. The van der Waals surface area contributed by atoms with Gasteiger partial charge in [-0.15, -0.1) is 11.6 Å². The van der Waals surface area contributed by atoms with Crippen LogP contribution < -0.4 is 9.47 Å². The Balaban J connectivity index is 3.13. The second-order valence-electron chi connectivity index (χ2n) is 3.44. The molecule has 3 heteroatoms. The number of alkyl halides is 1. The maximum absolute atomic E-state index is 5.76. The van der Waals surface area contributed by atoms with Crippen molar-refractivity contribution >= 4 is 17.7 Å². The van der Waals surface area contributed by atoms with E-state index in [1.807, 2.05) is 38.1 Å². The number of benzene rings is 1. The van der Waals surface area contributed by atoms with E-state index in [0.717, 1.165) is 22.6 Å². The fourth-order valence-electron chi connectivity index (χ4n) is 1.44. The van der Waals surface area contributed by atoms with Gasteiger partial charge in [0.2, 0.25) is 0 Å². The molecule has 0 amide bonds. The molecule has 1 aromatic rings. The lowest BCUT2D eigenvalue weighted by Crippen LogP contribution is -1.97. The second-order valence-corrected chi connectivity index (χ2v) is 3.70. The maximum atomic E-state index is 5.76. The van der Waals surface area contributed by atoms with Crippen LogP contribution in [0.1, 0.15) is 19.4 Å². The number of para-hydroxylation sites is 1. The highest BCUT2D eigenvalue weighted by molar-refractivity contribution is 6.19. The number of hydrogen-bond acceptors (Lipinski definition) is 2. The highest BCUT2D eigenvalue weighted by Gasteiger charge is 2.07. The molecule has 16 heavy (non-hydrogen) atoms. The normalized spacial score (nSPS) is 11.4. The van der Waals surface area contributed by atoms with Gasteiger partial charge in [0.25, 0.3) is 0 Å². The molecule has 0 heterocycles. The first-order valence-electron chi connectivity index (χ1n) is 5.25. The monoisotopic (exact) mass is 240 g/mol. The molecule has 0 atom stereocenters. The number of rotatable bonds is 5. The molecule has 2 nitrogen and oxygen atoms in total. The van der Waals surface area contributed by atoms with E-state index in [9.17, 15) is 0 Å². The molecule has 0 unspecified atom stereocenters. The van der Waals surface area contributed by atoms with Crippen molar-refractivity contribution < 1.29 is 9.47 Å². The SMILES string of the molecule is CCOc1cccc(C=C(C)CCl)c1OC. The lowest BCUT2D eigenvalue weighted by molar-refractivity contribution is 0.310. The van der Waals surface area contributed by atoms with Crippen molar-refractivity contribution in [3.63, 3.8) is 0 Å². The van der Waals surface area contributed by atoms with Gasteiger partial charge in [-0.3, -0.25) is 0 Å². The summed E-state index contributed by atoms with van der Waals surface area (Å²) in [6, 6.07) is 5.83. The highest BCUT2D eigenvalue weighted by Crippen LogP contribution is 2.32. The zero-order chi connectivity index (χ0) is 12.0. The van der Waals surface area contributed by atoms with E-state index in [0.29, 0.717) is 12.5 Å². The van der Waals surface area contributed by atoms with Crippen LogP contribution in [0.4, 0.5) is 0 Å². The van der Waals surface area contributed by atoms with Gasteiger partial charge in [0, 0.05) is 11.4 Å². The van der Waals surface area contributed by atoms with Crippen molar-refractivity contribution in [2.75, 3.05) is 19.6 Å². The Hall–Kier alpha value is -1.15. The average Bonchev–Trinajstić information content (AvgIpc) is 2.29. The Morgan fingerprint density at radius 1 is 1.44 bits per heavy atom. The summed E-state index contributed by atoms with van der Waals surface area (Å²) in [6.45, 7) is 4.56. The highest BCUT2D eigenvalue weighted by atomic mass is 35.5. The standard InChI is InChI=1S/C13H17ClO2/c1-4-16-12-7-5-6-11(13(12)15-3)8-10(2)9-14/h5-8H,4,9H2,1-3H3. The fraction of sp³-hybridized carbons (Fsp3) is 0.385. The maximum Gasteiger partial charge on any atom is 0.167 e. The zero-order valence-electron chi connectivity index (χ0n) is 9.92. The predicted octanol–water partition coefficient (Wildman–Crippen LogP) is 3.74. The van der Waals surface area contributed by atoms with Gasteiger partial charge in [0.1, 0.15) is 0 Å². The van der Waals surface area contributed by atoms with Gasteiger partial charge in [-0.1, -0.05) is 23.8 Å². The molecule has 0 saturated carbocycles. The van der Waals surface area contributed by atoms with E-state index >= 15 is 0 Å². The summed E-state index contributed by atoms with van der Waals surface area (Å²) in [5.74, 6) is 2.04. The van der Waals surface area contributed by atoms with Crippen LogP contribution in [0, 0.1) is 0 Å². The summed E-state index contributed by atoms with van der Waals surface area (Å²) in [7, 11) is 1.64. The third-order valence-electron chi connectivity index (χ3n) is 2.13. The van der Waals surface area contributed by atoms with E-state index in [1.165, 1.54) is 0 Å². The number of hydrogen-bond donors (Lipinski definition) is 0. The molecule has 0 aromatic heterocycles. The summed E-state index contributed by atoms with van der Waals surface area (Å²) in [5, 5.41) is 0. The zero-order valence-corrected chi connectivity index (χ0v) is 10.7. The summed E-state index contributed by atoms with van der Waals surface area (Å²) >= 11 is 5.76. The minimum absolute atomic E-state index is 0.516. The molecule has 0 aliphatic rings. The largest absolute Gasteiger partial charge is 0.492 e. The van der Waals surface area contributed by atoms with E-state index < -0.39 is 0 Å². The summed E-state index contributed by atoms with van der Waals surface area (Å²) in [5.41, 5.74) is 2.08. The lowest BCUT2D eigenvalue weighted by Gasteiger charge is -2.11. The first-order chi connectivity index (χ1) is 7.72. The van der Waals surface area contributed by atoms with Crippen molar-refractivity contribution in [2.24, 2.45) is 0 Å². The third-order valence-corrected chi connectivity index (χ3v) is 2.55. The quantitative estimate of drug-likeness (QED) is 0.730. The Kier molecular flexibility index (Phi) is 5.20. The number of allylic oxidation sites excluding steroid dienone is 1. The van der Waals surface area contributed by atoms with Crippen LogP contribution in [-0.4, -0.2) is 19.6 Å². The number of halogens is 1. The molecule has 1 aromatic carbocycles. The van der Waals surface area contributed by atoms with Gasteiger partial charge in [-0.25, -0.2) is 0 Å². The molecule has 0 radical (unpaired) electrons. The van der Waals surface area contributed by atoms with Crippen LogP contribution in [-0.2, 0) is 0 Å². The Bertz CT molecular complexity index is 372. The predicted molar refractivity (Wildman–Crippen MR) is 68.5 cm³/mol. The topological polar surface area (TPSA) is 18.5 Å². The smallest absolute Gasteiger partial charge is 0.167 e. The summed E-state index contributed by atoms with van der Waals surface area (Å²) in [6.07, 6.45) is 2.01. The summed E-state index contributed by atoms with van der Waals surface area (Å²) < 4.78 is 10.9. The Morgan fingerprint density at radius 3 is 2.75 bits per heavy atom. The van der Waals surface area contributed by atoms with E-state index in [1.54, 1.807) is 7.11 Å². The van der Waals surface area contributed by atoms with Crippen LogP contribution in [0.2, 0.25) is 0 Å². The molecule has 0 bridgehead atoms. The van der Waals surface area contributed by atoms with Crippen molar-refractivity contribution in [1.82, 2.24) is 0 Å². The molecule has 1 rings (SSSR count). The Labute approximate surface area is 102 Å². The second kappa shape index (κ2) is 6.44. The fourth-order valence-corrected chi connectivity index (χ4v) is 1.52. The van der Waals surface area contributed by atoms with E-state index in [2.05, 4.69) is 0 Å². The van der Waals surface area contributed by atoms with Crippen LogP contribution in [0.3, 0.4) is 0 Å². The van der Waals surface area contributed by atoms with Crippen molar-refractivity contribution in [3.05, 3.63) is 29.3 Å².